The predicted octanol–water partition coefficient (Wildman–Crippen LogP) is -6.68. The van der Waals surface area contributed by atoms with Crippen LogP contribution in [-0.4, -0.2) is 88.9 Å². The molecule has 1 aliphatic heterocycles. The van der Waals surface area contributed by atoms with Crippen LogP contribution in [0.4, 0.5) is 5.82 Å². The molecule has 0 amide bonds. The van der Waals surface area contributed by atoms with Crippen LogP contribution in [0.25, 0.3) is 0 Å². The van der Waals surface area contributed by atoms with Crippen LogP contribution < -0.4 is 50.8 Å². The SMILES string of the molecule is C[N+](C)(C)CCOP(=O)([O-])OP(=O)([O-])OC[C@H]1O[C@@H](n2ccc(N)nc2=O)[C@H](O)[C@@H]1O.O.[Na+]. The van der Waals surface area contributed by atoms with E-state index in [0.717, 1.165) is 10.8 Å². The Morgan fingerprint density at radius 2 is 1.79 bits per heavy atom. The summed E-state index contributed by atoms with van der Waals surface area (Å²) in [4.78, 5) is 38.9. The van der Waals surface area contributed by atoms with Crippen LogP contribution in [0.2, 0.25) is 0 Å². The number of aliphatic hydroxyl groups is 2. The van der Waals surface area contributed by atoms with E-state index >= 15 is 0 Å². The number of aliphatic hydroxyl groups excluding tert-OH is 2. The number of nitrogens with two attached hydrogens (primary N) is 1. The first-order chi connectivity index (χ1) is 14.1. The summed E-state index contributed by atoms with van der Waals surface area (Å²) in [5.41, 5.74) is 4.50. The molecule has 0 spiro atoms. The number of rotatable bonds is 10. The van der Waals surface area contributed by atoms with Crippen molar-refractivity contribution in [2.24, 2.45) is 0 Å². The minimum absolute atomic E-state index is 0. The Hall–Kier alpha value is -0.260. The zero-order valence-electron chi connectivity index (χ0n) is 18.5. The fraction of sp³-hybridized carbons (Fsp3) is 0.714. The van der Waals surface area contributed by atoms with Gasteiger partial charge in [0, 0.05) is 6.20 Å². The van der Waals surface area contributed by atoms with Gasteiger partial charge in [-0.2, -0.15) is 4.98 Å². The van der Waals surface area contributed by atoms with Crippen molar-refractivity contribution >= 4 is 21.5 Å². The minimum Gasteiger partial charge on any atom is -0.756 e. The molecule has 6 N–H and O–H groups in total. The van der Waals surface area contributed by atoms with Crippen molar-refractivity contribution in [3.05, 3.63) is 22.7 Å². The van der Waals surface area contributed by atoms with Gasteiger partial charge in [0.15, 0.2) is 6.23 Å². The first-order valence-electron chi connectivity index (χ1n) is 8.89. The number of phosphoric ester groups is 2. The van der Waals surface area contributed by atoms with Crippen LogP contribution in [0.1, 0.15) is 6.23 Å². The third kappa shape index (κ3) is 10.1. The fourth-order valence-corrected chi connectivity index (χ4v) is 4.47. The van der Waals surface area contributed by atoms with E-state index in [9.17, 15) is 33.9 Å². The van der Waals surface area contributed by atoms with Crippen LogP contribution in [0.15, 0.2) is 17.1 Å². The van der Waals surface area contributed by atoms with Gasteiger partial charge in [-0.25, -0.2) is 9.11 Å². The van der Waals surface area contributed by atoms with Gasteiger partial charge in [-0.3, -0.25) is 13.7 Å². The van der Waals surface area contributed by atoms with Crippen molar-refractivity contribution in [1.82, 2.24) is 9.55 Å². The first kappa shape index (κ1) is 32.7. The van der Waals surface area contributed by atoms with E-state index in [2.05, 4.69) is 18.3 Å². The second-order valence-electron chi connectivity index (χ2n) is 7.71. The average molecular weight is 528 g/mol. The van der Waals surface area contributed by atoms with E-state index in [0.29, 0.717) is 4.48 Å². The normalized spacial score (nSPS) is 26.5. The average Bonchev–Trinajstić information content (AvgIpc) is 2.86. The predicted molar refractivity (Wildman–Crippen MR) is 104 cm³/mol. The van der Waals surface area contributed by atoms with Crippen LogP contribution in [-0.2, 0) is 27.2 Å². The molecule has 0 radical (unpaired) electrons. The van der Waals surface area contributed by atoms with Gasteiger partial charge < -0.3 is 49.5 Å². The fourth-order valence-electron chi connectivity index (χ4n) is 2.48. The van der Waals surface area contributed by atoms with Crippen molar-refractivity contribution in [3.63, 3.8) is 0 Å². The molecule has 6 atom stereocenters. The number of nitrogens with zero attached hydrogens (tertiary/aromatic N) is 3. The Bertz CT molecular complexity index is 928. The van der Waals surface area contributed by atoms with Crippen molar-refractivity contribution in [1.29, 1.82) is 0 Å². The number of phosphoric acid groups is 2. The molecule has 1 aromatic heterocycles. The van der Waals surface area contributed by atoms with Crippen LogP contribution >= 0.6 is 15.6 Å². The molecule has 0 saturated carbocycles. The van der Waals surface area contributed by atoms with Crippen LogP contribution in [0.3, 0.4) is 0 Å². The summed E-state index contributed by atoms with van der Waals surface area (Å²) in [7, 11) is -5.36. The summed E-state index contributed by atoms with van der Waals surface area (Å²) in [6, 6.07) is 1.25. The number of quaternary nitrogens is 1. The first-order valence-corrected chi connectivity index (χ1v) is 11.8. The molecule has 16 nitrogen and oxygen atoms in total. The summed E-state index contributed by atoms with van der Waals surface area (Å²) >= 11 is 0. The van der Waals surface area contributed by atoms with E-state index in [4.69, 9.17) is 10.5 Å². The van der Waals surface area contributed by atoms with Gasteiger partial charge in [-0.1, -0.05) is 0 Å². The molecule has 2 rings (SSSR count). The number of nitrogen functional groups attached to an aromatic ring is 1. The van der Waals surface area contributed by atoms with E-state index in [1.54, 1.807) is 21.1 Å². The molecule has 2 heterocycles. The summed E-state index contributed by atoms with van der Waals surface area (Å²) in [5.74, 6) is -0.0793. The monoisotopic (exact) mass is 528 g/mol. The zero-order valence-corrected chi connectivity index (χ0v) is 22.3. The smallest absolute Gasteiger partial charge is 0.756 e. The van der Waals surface area contributed by atoms with E-state index in [-0.39, 0.29) is 54.0 Å². The van der Waals surface area contributed by atoms with Gasteiger partial charge in [0.2, 0.25) is 0 Å². The molecule has 1 saturated heterocycles. The number of aromatic nitrogens is 2. The Labute approximate surface area is 211 Å². The maximum Gasteiger partial charge on any atom is 1.00 e. The third-order valence-electron chi connectivity index (χ3n) is 4.07. The number of hydrogen-bond donors (Lipinski definition) is 3. The van der Waals surface area contributed by atoms with Gasteiger partial charge in [-0.05, 0) is 6.07 Å². The molecular weight excluding hydrogens is 501 g/mol. The Kier molecular flexibility index (Phi) is 12.5. The van der Waals surface area contributed by atoms with Gasteiger partial charge in [0.25, 0.3) is 15.6 Å². The van der Waals surface area contributed by atoms with Gasteiger partial charge >= 0.3 is 35.2 Å². The summed E-state index contributed by atoms with van der Waals surface area (Å²) in [6.07, 6.45) is -5.01. The molecule has 0 aromatic carbocycles. The number of likely N-dealkylation sites (N-methyl/N-ethyl adjacent to an activating group) is 1. The largest absolute Gasteiger partial charge is 1.00 e. The molecule has 1 aromatic rings. The van der Waals surface area contributed by atoms with Crippen molar-refractivity contribution in [2.75, 3.05) is 46.6 Å². The second kappa shape index (κ2) is 12.6. The van der Waals surface area contributed by atoms with Gasteiger partial charge in [0.05, 0.1) is 27.7 Å². The van der Waals surface area contributed by atoms with Crippen molar-refractivity contribution < 1.29 is 86.7 Å². The molecule has 1 aliphatic rings. The Morgan fingerprint density at radius 3 is 2.33 bits per heavy atom. The molecule has 0 aliphatic carbocycles. The minimum atomic E-state index is -5.43. The zero-order chi connectivity index (χ0) is 23.6. The molecule has 33 heavy (non-hydrogen) atoms. The quantitative estimate of drug-likeness (QED) is 0.145. The number of anilines is 1. The van der Waals surface area contributed by atoms with Gasteiger partial charge in [-0.15, -0.1) is 0 Å². The molecule has 186 valence electrons. The molecular formula is C14H27N4NaO12P2. The molecule has 1 fully saturated rings. The Balaban J connectivity index is 0.00000512. The topological polar surface area (TPSA) is 250 Å². The standard InChI is InChI=1S/C14H26N4O11P2.Na.H2O/c1-18(2,3)6-7-26-30(22,23)29-31(24,25)27-8-9-11(19)12(20)13(28-9)17-5-4-10(15)16-14(17)21;;/h4-5,9,11-13,19-20H,6-8H2,1-3H3,(H3-,15,16,21,22,23,24,25);;1H2/q;+1;/p-1/t9-,11-,12-,13-;;/m1../s1. The summed E-state index contributed by atoms with van der Waals surface area (Å²) in [5, 5.41) is 20.2. The molecule has 19 heteroatoms. The van der Waals surface area contributed by atoms with Crippen molar-refractivity contribution in [2.45, 2.75) is 24.5 Å². The number of ether oxygens (including phenoxy) is 1. The second-order valence-corrected chi connectivity index (χ2v) is 10.7. The molecule has 0 bridgehead atoms. The maximum atomic E-state index is 11.9. The van der Waals surface area contributed by atoms with E-state index in [1.807, 2.05) is 0 Å². The van der Waals surface area contributed by atoms with Gasteiger partial charge in [0.1, 0.15) is 37.3 Å². The number of hydrogen-bond acceptors (Lipinski definition) is 13. The van der Waals surface area contributed by atoms with E-state index < -0.39 is 52.5 Å². The molecule has 2 unspecified atom stereocenters. The van der Waals surface area contributed by atoms with Crippen LogP contribution in [0, 0.1) is 0 Å². The van der Waals surface area contributed by atoms with Crippen LogP contribution in [0.5, 0.6) is 0 Å². The van der Waals surface area contributed by atoms with E-state index in [1.165, 1.54) is 6.07 Å². The third-order valence-corrected chi connectivity index (χ3v) is 6.64. The van der Waals surface area contributed by atoms with Crippen molar-refractivity contribution in [3.8, 4) is 0 Å². The summed E-state index contributed by atoms with van der Waals surface area (Å²) < 4.78 is 42.9. The summed E-state index contributed by atoms with van der Waals surface area (Å²) in [6.45, 7) is -0.987. The maximum absolute atomic E-state index is 11.9. The Morgan fingerprint density at radius 1 is 1.21 bits per heavy atom.